The third-order valence-electron chi connectivity index (χ3n) is 3.58. The summed E-state index contributed by atoms with van der Waals surface area (Å²) in [5, 5.41) is 0.605. The highest BCUT2D eigenvalue weighted by molar-refractivity contribution is 7.90. The Morgan fingerprint density at radius 2 is 1.92 bits per heavy atom. The van der Waals surface area contributed by atoms with E-state index in [1.54, 1.807) is 17.0 Å². The first-order chi connectivity index (χ1) is 11.4. The van der Waals surface area contributed by atoms with E-state index in [2.05, 4.69) is 4.98 Å². The molecule has 2 aromatic carbocycles. The van der Waals surface area contributed by atoms with E-state index < -0.39 is 9.84 Å². The van der Waals surface area contributed by atoms with Crippen molar-refractivity contribution in [2.45, 2.75) is 11.8 Å². The molecule has 0 saturated heterocycles. The smallest absolute Gasteiger partial charge is 0.260 e. The molecule has 0 N–H and O–H groups in total. The minimum Gasteiger partial charge on any atom is -0.284 e. The minimum atomic E-state index is -3.36. The molecule has 1 heterocycles. The summed E-state index contributed by atoms with van der Waals surface area (Å²) < 4.78 is 24.4. The van der Waals surface area contributed by atoms with E-state index in [1.807, 2.05) is 31.2 Å². The molecule has 0 bridgehead atoms. The summed E-state index contributed by atoms with van der Waals surface area (Å²) >= 11 is 1.44. The van der Waals surface area contributed by atoms with Gasteiger partial charge in [-0.25, -0.2) is 13.4 Å². The molecule has 0 unspecified atom stereocenters. The predicted octanol–water partition coefficient (Wildman–Crippen LogP) is 3.37. The summed E-state index contributed by atoms with van der Waals surface area (Å²) in [4.78, 5) is 19.0. The highest BCUT2D eigenvalue weighted by atomic mass is 32.2. The van der Waals surface area contributed by atoms with Gasteiger partial charge in [0.1, 0.15) is 0 Å². The van der Waals surface area contributed by atoms with Gasteiger partial charge >= 0.3 is 0 Å². The predicted molar refractivity (Wildman–Crippen MR) is 96.5 cm³/mol. The van der Waals surface area contributed by atoms with E-state index in [4.69, 9.17) is 0 Å². The van der Waals surface area contributed by atoms with Crippen molar-refractivity contribution < 1.29 is 13.2 Å². The summed E-state index contributed by atoms with van der Waals surface area (Å²) in [7, 11) is -3.36. The molecule has 5 nitrogen and oxygen atoms in total. The van der Waals surface area contributed by atoms with E-state index in [0.29, 0.717) is 17.2 Å². The van der Waals surface area contributed by atoms with E-state index in [-0.39, 0.29) is 10.8 Å². The number of fused-ring (bicyclic) bond motifs is 1. The summed E-state index contributed by atoms with van der Waals surface area (Å²) in [5.41, 5.74) is 1.17. The van der Waals surface area contributed by atoms with Gasteiger partial charge in [0.2, 0.25) is 0 Å². The van der Waals surface area contributed by atoms with Crippen LogP contribution in [0, 0.1) is 0 Å². The zero-order valence-corrected chi connectivity index (χ0v) is 14.9. The molecular weight excluding hydrogens is 344 g/mol. The summed E-state index contributed by atoms with van der Waals surface area (Å²) in [6.07, 6.45) is 1.13. The molecule has 3 rings (SSSR count). The van der Waals surface area contributed by atoms with Crippen LogP contribution < -0.4 is 4.90 Å². The molecule has 3 aromatic rings. The molecule has 0 saturated carbocycles. The number of nitrogens with zero attached hydrogens (tertiary/aromatic N) is 2. The van der Waals surface area contributed by atoms with Gasteiger partial charge in [0.05, 0.1) is 15.1 Å². The Labute approximate surface area is 144 Å². The Hall–Kier alpha value is -2.25. The molecule has 1 amide bonds. The monoisotopic (exact) mass is 360 g/mol. The van der Waals surface area contributed by atoms with Gasteiger partial charge in [0.15, 0.2) is 15.0 Å². The highest BCUT2D eigenvalue weighted by Gasteiger charge is 2.21. The number of hydrogen-bond donors (Lipinski definition) is 0. The number of aromatic nitrogens is 1. The molecule has 0 atom stereocenters. The Bertz CT molecular complexity index is 976. The maximum Gasteiger partial charge on any atom is 0.260 e. The van der Waals surface area contributed by atoms with Crippen molar-refractivity contribution >= 4 is 42.4 Å². The summed E-state index contributed by atoms with van der Waals surface area (Å²) in [6.45, 7) is 2.31. The number of benzene rings is 2. The second-order valence-corrected chi connectivity index (χ2v) is 8.34. The van der Waals surface area contributed by atoms with Crippen molar-refractivity contribution in [1.29, 1.82) is 0 Å². The molecule has 24 heavy (non-hydrogen) atoms. The molecule has 124 valence electrons. The van der Waals surface area contributed by atoms with Crippen LogP contribution in [0.5, 0.6) is 0 Å². The van der Waals surface area contributed by atoms with E-state index in [9.17, 15) is 13.2 Å². The number of hydrogen-bond acceptors (Lipinski definition) is 5. The quantitative estimate of drug-likeness (QED) is 0.715. The highest BCUT2D eigenvalue weighted by Crippen LogP contribution is 2.29. The Morgan fingerprint density at radius 1 is 1.17 bits per heavy atom. The van der Waals surface area contributed by atoms with Gasteiger partial charge in [-0.2, -0.15) is 0 Å². The summed E-state index contributed by atoms with van der Waals surface area (Å²) in [5.74, 6) is -0.262. The molecule has 0 aliphatic heterocycles. The van der Waals surface area contributed by atoms with Crippen LogP contribution in [0.2, 0.25) is 0 Å². The van der Waals surface area contributed by atoms with Crippen molar-refractivity contribution in [1.82, 2.24) is 4.98 Å². The average Bonchev–Trinajstić information content (AvgIpc) is 2.98. The van der Waals surface area contributed by atoms with Crippen LogP contribution in [0.15, 0.2) is 53.4 Å². The topological polar surface area (TPSA) is 67.3 Å². The van der Waals surface area contributed by atoms with Gasteiger partial charge in [-0.1, -0.05) is 29.5 Å². The molecule has 0 radical (unpaired) electrons. The van der Waals surface area contributed by atoms with Crippen molar-refractivity contribution in [2.24, 2.45) is 0 Å². The lowest BCUT2D eigenvalue weighted by atomic mass is 10.2. The largest absolute Gasteiger partial charge is 0.284 e. The Kier molecular flexibility index (Phi) is 4.38. The number of carbonyl (C=O) groups is 1. The maximum atomic E-state index is 12.8. The van der Waals surface area contributed by atoms with Gasteiger partial charge in [-0.05, 0) is 37.3 Å². The van der Waals surface area contributed by atoms with Gasteiger partial charge in [-0.15, -0.1) is 0 Å². The van der Waals surface area contributed by atoms with Crippen LogP contribution in [-0.4, -0.2) is 32.1 Å². The lowest BCUT2D eigenvalue weighted by Gasteiger charge is -2.17. The van der Waals surface area contributed by atoms with E-state index >= 15 is 0 Å². The standard InChI is InChI=1S/C17H16N2O3S2/c1-3-19(17-18-14-9-4-5-10-15(14)23-17)16(20)12-7-6-8-13(11-12)24(2,21)22/h4-11H,3H2,1-2H3. The first-order valence-corrected chi connectivity index (χ1v) is 10.1. The molecule has 0 spiro atoms. The molecule has 0 aliphatic rings. The number of carbonyl (C=O) groups excluding carboxylic acids is 1. The number of thiazole rings is 1. The lowest BCUT2D eigenvalue weighted by molar-refractivity contribution is 0.0988. The number of sulfone groups is 1. The minimum absolute atomic E-state index is 0.133. The molecule has 1 aromatic heterocycles. The third-order valence-corrected chi connectivity index (χ3v) is 5.75. The van der Waals surface area contributed by atoms with Crippen molar-refractivity contribution in [3.8, 4) is 0 Å². The first-order valence-electron chi connectivity index (χ1n) is 7.37. The normalized spacial score (nSPS) is 11.6. The van der Waals surface area contributed by atoms with Crippen LogP contribution in [0.4, 0.5) is 5.13 Å². The SMILES string of the molecule is CCN(C(=O)c1cccc(S(C)(=O)=O)c1)c1nc2ccccc2s1. The fourth-order valence-electron chi connectivity index (χ4n) is 2.36. The van der Waals surface area contributed by atoms with Gasteiger partial charge in [0, 0.05) is 18.4 Å². The Balaban J connectivity index is 2.00. The van der Waals surface area contributed by atoms with Crippen molar-refractivity contribution in [3.63, 3.8) is 0 Å². The van der Waals surface area contributed by atoms with E-state index in [0.717, 1.165) is 16.5 Å². The molecule has 0 fully saturated rings. The number of para-hydroxylation sites is 1. The van der Waals surface area contributed by atoms with Crippen LogP contribution in [0.3, 0.4) is 0 Å². The maximum absolute atomic E-state index is 12.8. The van der Waals surface area contributed by atoms with Crippen LogP contribution >= 0.6 is 11.3 Å². The van der Waals surface area contributed by atoms with Gasteiger partial charge in [0.25, 0.3) is 5.91 Å². The molecule has 0 aliphatic carbocycles. The van der Waals surface area contributed by atoms with Crippen molar-refractivity contribution in [3.05, 3.63) is 54.1 Å². The van der Waals surface area contributed by atoms with E-state index in [1.165, 1.54) is 23.5 Å². The summed E-state index contributed by atoms with van der Waals surface area (Å²) in [6, 6.07) is 13.8. The second-order valence-electron chi connectivity index (χ2n) is 5.31. The first kappa shape index (κ1) is 16.6. The Morgan fingerprint density at radius 3 is 2.58 bits per heavy atom. The van der Waals surface area contributed by atoms with Crippen LogP contribution in [0.25, 0.3) is 10.2 Å². The number of amides is 1. The fourth-order valence-corrected chi connectivity index (χ4v) is 4.05. The van der Waals surface area contributed by atoms with Crippen LogP contribution in [0.1, 0.15) is 17.3 Å². The lowest BCUT2D eigenvalue weighted by Crippen LogP contribution is -2.30. The zero-order valence-electron chi connectivity index (χ0n) is 13.3. The zero-order chi connectivity index (χ0) is 17.3. The number of rotatable bonds is 4. The van der Waals surface area contributed by atoms with Gasteiger partial charge in [-0.3, -0.25) is 9.69 Å². The average molecular weight is 360 g/mol. The molecular formula is C17H16N2O3S2. The third kappa shape index (κ3) is 3.18. The second kappa shape index (κ2) is 6.33. The number of anilines is 1. The van der Waals surface area contributed by atoms with Crippen molar-refractivity contribution in [2.75, 3.05) is 17.7 Å². The van der Waals surface area contributed by atoms with Crippen LogP contribution in [-0.2, 0) is 9.84 Å². The fraction of sp³-hybridized carbons (Fsp3) is 0.176. The molecule has 7 heteroatoms. The van der Waals surface area contributed by atoms with Gasteiger partial charge < -0.3 is 0 Å².